The van der Waals surface area contributed by atoms with Crippen LogP contribution >= 0.6 is 11.3 Å². The lowest BCUT2D eigenvalue weighted by Gasteiger charge is -1.94. The molecule has 1 N–H and O–H groups in total. The second kappa shape index (κ2) is 2.90. The van der Waals surface area contributed by atoms with Crippen LogP contribution in [0.15, 0.2) is 6.20 Å². The number of hydrogen-bond acceptors (Lipinski definition) is 4. The monoisotopic (exact) mass is 157 g/mol. The molecule has 0 aliphatic heterocycles. The maximum Gasteiger partial charge on any atom is 0.178 e. The van der Waals surface area contributed by atoms with E-state index in [1.54, 1.807) is 6.92 Å². The van der Waals surface area contributed by atoms with Gasteiger partial charge in [-0.15, -0.1) is 11.3 Å². The van der Waals surface area contributed by atoms with Crippen molar-refractivity contribution in [2.24, 2.45) is 0 Å². The number of aliphatic hydroxyl groups is 1. The van der Waals surface area contributed by atoms with Gasteiger partial charge in [0.25, 0.3) is 0 Å². The smallest absolute Gasteiger partial charge is 0.178 e. The van der Waals surface area contributed by atoms with Crippen LogP contribution in [0.25, 0.3) is 0 Å². The van der Waals surface area contributed by atoms with Crippen LogP contribution in [-0.2, 0) is 0 Å². The highest BCUT2D eigenvalue weighted by Crippen LogP contribution is 2.18. The standard InChI is InChI=1S/C6H7NO2S/c1-4(9)5-2-7-6(3-8)10-5/h2-4,9H,1H3/t4-/m0/s1. The van der Waals surface area contributed by atoms with Crippen molar-refractivity contribution in [3.05, 3.63) is 16.1 Å². The van der Waals surface area contributed by atoms with Crippen molar-refractivity contribution < 1.29 is 9.90 Å². The summed E-state index contributed by atoms with van der Waals surface area (Å²) >= 11 is 1.21. The molecule has 1 heterocycles. The Morgan fingerprint density at radius 1 is 1.90 bits per heavy atom. The molecule has 0 fully saturated rings. The number of rotatable bonds is 2. The summed E-state index contributed by atoms with van der Waals surface area (Å²) < 4.78 is 0. The molecule has 0 radical (unpaired) electrons. The highest BCUT2D eigenvalue weighted by molar-refractivity contribution is 7.13. The molecule has 1 aromatic heterocycles. The average Bonchev–Trinajstić information content (AvgIpc) is 2.34. The van der Waals surface area contributed by atoms with Gasteiger partial charge in [-0.05, 0) is 6.92 Å². The van der Waals surface area contributed by atoms with Crippen LogP contribution < -0.4 is 0 Å². The second-order valence-electron chi connectivity index (χ2n) is 1.89. The van der Waals surface area contributed by atoms with E-state index in [4.69, 9.17) is 5.11 Å². The van der Waals surface area contributed by atoms with Crippen molar-refractivity contribution in [2.45, 2.75) is 13.0 Å². The van der Waals surface area contributed by atoms with E-state index in [0.717, 1.165) is 4.88 Å². The molecule has 54 valence electrons. The van der Waals surface area contributed by atoms with E-state index >= 15 is 0 Å². The number of thiazole rings is 1. The van der Waals surface area contributed by atoms with E-state index in [1.165, 1.54) is 17.5 Å². The Labute approximate surface area is 62.3 Å². The molecule has 3 nitrogen and oxygen atoms in total. The largest absolute Gasteiger partial charge is 0.388 e. The van der Waals surface area contributed by atoms with Gasteiger partial charge in [0, 0.05) is 6.20 Å². The first-order valence-corrected chi connectivity index (χ1v) is 3.64. The Balaban J connectivity index is 2.88. The fraction of sp³-hybridized carbons (Fsp3) is 0.333. The third kappa shape index (κ3) is 1.40. The minimum absolute atomic E-state index is 0.413. The first-order valence-electron chi connectivity index (χ1n) is 2.83. The Hall–Kier alpha value is -0.740. The maximum absolute atomic E-state index is 10.1. The number of hydrogen-bond donors (Lipinski definition) is 1. The second-order valence-corrected chi connectivity index (χ2v) is 2.99. The number of carbonyl (C=O) groups excluding carboxylic acids is 1. The van der Waals surface area contributed by atoms with Gasteiger partial charge in [-0.3, -0.25) is 4.79 Å². The molecule has 0 saturated carbocycles. The van der Waals surface area contributed by atoms with Crippen LogP contribution in [0.4, 0.5) is 0 Å². The van der Waals surface area contributed by atoms with E-state index in [-0.39, 0.29) is 0 Å². The quantitative estimate of drug-likeness (QED) is 0.652. The molecule has 0 aliphatic carbocycles. The van der Waals surface area contributed by atoms with Gasteiger partial charge < -0.3 is 5.11 Å². The maximum atomic E-state index is 10.1. The molecule has 0 spiro atoms. The molecule has 4 heteroatoms. The molecule has 1 aromatic rings. The average molecular weight is 157 g/mol. The zero-order chi connectivity index (χ0) is 7.56. The van der Waals surface area contributed by atoms with Crippen molar-refractivity contribution in [3.8, 4) is 0 Å². The predicted octanol–water partition coefficient (Wildman–Crippen LogP) is 1.01. The van der Waals surface area contributed by atoms with Crippen molar-refractivity contribution >= 4 is 17.6 Å². The van der Waals surface area contributed by atoms with E-state index in [1.807, 2.05) is 0 Å². The first-order chi connectivity index (χ1) is 4.74. The molecular formula is C6H7NO2S. The predicted molar refractivity (Wildman–Crippen MR) is 38.1 cm³/mol. The van der Waals surface area contributed by atoms with Gasteiger partial charge in [-0.1, -0.05) is 0 Å². The molecule has 0 saturated heterocycles. The highest BCUT2D eigenvalue weighted by atomic mass is 32.1. The van der Waals surface area contributed by atoms with Crippen LogP contribution in [0.2, 0.25) is 0 Å². The van der Waals surface area contributed by atoms with Crippen LogP contribution in [0.3, 0.4) is 0 Å². The Kier molecular flexibility index (Phi) is 2.13. The molecule has 0 bridgehead atoms. The minimum Gasteiger partial charge on any atom is -0.388 e. The molecule has 10 heavy (non-hydrogen) atoms. The van der Waals surface area contributed by atoms with Crippen molar-refractivity contribution in [1.82, 2.24) is 4.98 Å². The third-order valence-electron chi connectivity index (χ3n) is 1.05. The summed E-state index contributed by atoms with van der Waals surface area (Å²) in [7, 11) is 0. The zero-order valence-corrected chi connectivity index (χ0v) is 6.26. The normalized spacial score (nSPS) is 13.0. The molecule has 0 unspecified atom stereocenters. The van der Waals surface area contributed by atoms with Crippen molar-refractivity contribution in [2.75, 3.05) is 0 Å². The Bertz CT molecular complexity index is 231. The van der Waals surface area contributed by atoms with E-state index < -0.39 is 6.10 Å². The Morgan fingerprint density at radius 2 is 2.60 bits per heavy atom. The van der Waals surface area contributed by atoms with Gasteiger partial charge in [0.15, 0.2) is 11.3 Å². The van der Waals surface area contributed by atoms with Gasteiger partial charge in [0.2, 0.25) is 0 Å². The van der Waals surface area contributed by atoms with Gasteiger partial charge in [-0.2, -0.15) is 0 Å². The molecule has 1 atom stereocenters. The van der Waals surface area contributed by atoms with E-state index in [0.29, 0.717) is 11.3 Å². The van der Waals surface area contributed by atoms with Crippen molar-refractivity contribution in [1.29, 1.82) is 0 Å². The lowest BCUT2D eigenvalue weighted by Crippen LogP contribution is -1.83. The van der Waals surface area contributed by atoms with Crippen LogP contribution in [0.1, 0.15) is 27.7 Å². The van der Waals surface area contributed by atoms with Gasteiger partial charge in [0.05, 0.1) is 11.0 Å². The molecule has 0 amide bonds. The Morgan fingerprint density at radius 3 is 2.90 bits per heavy atom. The fourth-order valence-corrected chi connectivity index (χ4v) is 1.22. The number of aromatic nitrogens is 1. The van der Waals surface area contributed by atoms with Crippen molar-refractivity contribution in [3.63, 3.8) is 0 Å². The first kappa shape index (κ1) is 7.37. The highest BCUT2D eigenvalue weighted by Gasteiger charge is 2.04. The van der Waals surface area contributed by atoms with Crippen LogP contribution in [0, 0.1) is 0 Å². The molecule has 0 aromatic carbocycles. The van der Waals surface area contributed by atoms with Gasteiger partial charge >= 0.3 is 0 Å². The topological polar surface area (TPSA) is 50.2 Å². The summed E-state index contributed by atoms with van der Waals surface area (Å²) in [5.74, 6) is 0. The van der Waals surface area contributed by atoms with Gasteiger partial charge in [-0.25, -0.2) is 4.98 Å². The lowest BCUT2D eigenvalue weighted by molar-refractivity contribution is 0.112. The fourth-order valence-electron chi connectivity index (χ4n) is 0.548. The molecule has 1 rings (SSSR count). The SMILES string of the molecule is C[C@H](O)c1cnc(C=O)s1. The number of nitrogens with zero attached hydrogens (tertiary/aromatic N) is 1. The summed E-state index contributed by atoms with van der Waals surface area (Å²) in [6.45, 7) is 1.64. The molecular weight excluding hydrogens is 150 g/mol. The van der Waals surface area contributed by atoms with E-state index in [9.17, 15) is 4.79 Å². The zero-order valence-electron chi connectivity index (χ0n) is 5.44. The van der Waals surface area contributed by atoms with Crippen LogP contribution in [0.5, 0.6) is 0 Å². The summed E-state index contributed by atoms with van der Waals surface area (Å²) in [5.41, 5.74) is 0. The molecule has 0 aliphatic rings. The van der Waals surface area contributed by atoms with E-state index in [2.05, 4.69) is 4.98 Å². The summed E-state index contributed by atoms with van der Waals surface area (Å²) in [4.78, 5) is 14.6. The number of aldehydes is 1. The summed E-state index contributed by atoms with van der Waals surface area (Å²) in [5, 5.41) is 9.40. The minimum atomic E-state index is -0.522. The van der Waals surface area contributed by atoms with Crippen LogP contribution in [-0.4, -0.2) is 16.4 Å². The number of aliphatic hydroxyl groups excluding tert-OH is 1. The summed E-state index contributed by atoms with van der Waals surface area (Å²) in [6, 6.07) is 0. The third-order valence-corrected chi connectivity index (χ3v) is 2.15. The number of carbonyl (C=O) groups is 1. The lowest BCUT2D eigenvalue weighted by atomic mass is 10.4. The summed E-state index contributed by atoms with van der Waals surface area (Å²) in [6.07, 6.45) is 1.67. The van der Waals surface area contributed by atoms with Gasteiger partial charge in [0.1, 0.15) is 0 Å².